The molecule has 0 fully saturated rings. The number of rotatable bonds is 1. The first kappa shape index (κ1) is 8.06. The van der Waals surface area contributed by atoms with Crippen molar-refractivity contribution in [3.8, 4) is 0 Å². The van der Waals surface area contributed by atoms with Crippen LogP contribution in [0.25, 0.3) is 0 Å². The Kier molecular flexibility index (Phi) is 2.13. The van der Waals surface area contributed by atoms with E-state index in [4.69, 9.17) is 0 Å². The molecule has 1 aromatic rings. The fraction of sp³-hybridized carbons (Fsp3) is 0.200. The predicted octanol–water partition coefficient (Wildman–Crippen LogP) is 0.517. The van der Waals surface area contributed by atoms with Gasteiger partial charge in [0, 0.05) is 0 Å². The number of ether oxygens (including phenoxy) is 1. The number of aromatic amines is 1. The summed E-state index contributed by atoms with van der Waals surface area (Å²) >= 11 is 2.85. The molecule has 0 atom stereocenters. The molecule has 0 aliphatic heterocycles. The van der Waals surface area contributed by atoms with Gasteiger partial charge in [-0.2, -0.15) is 5.16 Å². The number of esters is 1. The third-order valence-corrected chi connectivity index (χ3v) is 1.74. The molecule has 0 saturated carbocycles. The van der Waals surface area contributed by atoms with Gasteiger partial charge in [0.15, 0.2) is 0 Å². The Morgan fingerprint density at radius 1 is 1.73 bits per heavy atom. The molecule has 11 heavy (non-hydrogen) atoms. The largest absolute Gasteiger partial charge is 0.463 e. The first-order valence-electron chi connectivity index (χ1n) is 2.62. The Morgan fingerprint density at radius 2 is 2.36 bits per heavy atom. The molecule has 5 nitrogen and oxygen atoms in total. The lowest BCUT2D eigenvalue weighted by molar-refractivity contribution is 0.0553. The topological polar surface area (TPSA) is 72.3 Å². The summed E-state index contributed by atoms with van der Waals surface area (Å²) in [6, 6.07) is 0. The van der Waals surface area contributed by atoms with Crippen LogP contribution in [-0.4, -0.2) is 18.2 Å². The number of hydrogen-bond acceptors (Lipinski definition) is 4. The second-order valence-corrected chi connectivity index (χ2v) is 2.46. The Morgan fingerprint density at radius 3 is 2.73 bits per heavy atom. The summed E-state index contributed by atoms with van der Waals surface area (Å²) in [5.74, 6) is -0.854. The van der Waals surface area contributed by atoms with Crippen molar-refractivity contribution in [2.45, 2.75) is 0 Å². The molecule has 1 aromatic heterocycles. The van der Waals surface area contributed by atoms with Crippen LogP contribution in [0.1, 0.15) is 10.6 Å². The van der Waals surface area contributed by atoms with Crippen LogP contribution in [0, 0.1) is 0 Å². The number of hydrogen-bond donors (Lipinski definition) is 1. The van der Waals surface area contributed by atoms with Crippen LogP contribution in [0.2, 0.25) is 0 Å². The zero-order valence-corrected chi connectivity index (χ0v) is 7.10. The Bertz CT molecular complexity index is 325. The third-order valence-electron chi connectivity index (χ3n) is 1.02. The third kappa shape index (κ3) is 1.35. The van der Waals surface area contributed by atoms with E-state index in [2.05, 4.69) is 25.2 Å². The van der Waals surface area contributed by atoms with Crippen LogP contribution >= 0.6 is 15.9 Å². The standard InChI is InChI=1S/C5H4BrNO4/c1-10-5(9)3-2(6)4(8)7-11-3/h1H3,(H,7,8). The van der Waals surface area contributed by atoms with E-state index in [9.17, 15) is 9.59 Å². The molecule has 6 heteroatoms. The molecule has 0 aliphatic rings. The monoisotopic (exact) mass is 221 g/mol. The van der Waals surface area contributed by atoms with Gasteiger partial charge in [-0.1, -0.05) is 0 Å². The summed E-state index contributed by atoms with van der Waals surface area (Å²) in [4.78, 5) is 21.4. The average Bonchev–Trinajstić information content (AvgIpc) is 2.32. The lowest BCUT2D eigenvalue weighted by atomic mass is 10.5. The molecule has 0 bridgehead atoms. The van der Waals surface area contributed by atoms with Crippen molar-refractivity contribution in [2.75, 3.05) is 7.11 Å². The summed E-state index contributed by atoms with van der Waals surface area (Å²) in [5.41, 5.74) is -0.495. The fourth-order valence-corrected chi connectivity index (χ4v) is 0.838. The van der Waals surface area contributed by atoms with Gasteiger partial charge in [0.1, 0.15) is 4.47 Å². The van der Waals surface area contributed by atoms with Crippen molar-refractivity contribution in [3.63, 3.8) is 0 Å². The van der Waals surface area contributed by atoms with Crippen molar-refractivity contribution >= 4 is 21.9 Å². The highest BCUT2D eigenvalue weighted by Crippen LogP contribution is 2.10. The van der Waals surface area contributed by atoms with Gasteiger partial charge in [0.2, 0.25) is 0 Å². The van der Waals surface area contributed by atoms with Gasteiger partial charge in [-0.15, -0.1) is 0 Å². The molecule has 1 heterocycles. The SMILES string of the molecule is COC(=O)c1o[nH]c(=O)c1Br. The first-order chi connectivity index (χ1) is 5.16. The van der Waals surface area contributed by atoms with E-state index in [1.165, 1.54) is 7.11 Å². The normalized spacial score (nSPS) is 9.64. The smallest absolute Gasteiger partial charge is 0.378 e. The highest BCUT2D eigenvalue weighted by Gasteiger charge is 2.17. The Hall–Kier alpha value is -1.04. The van der Waals surface area contributed by atoms with Crippen LogP contribution < -0.4 is 5.56 Å². The molecule has 1 rings (SSSR count). The van der Waals surface area contributed by atoms with Crippen molar-refractivity contribution < 1.29 is 14.1 Å². The van der Waals surface area contributed by atoms with Gasteiger partial charge in [-0.25, -0.2) is 4.79 Å². The number of halogens is 1. The predicted molar refractivity (Wildman–Crippen MR) is 38.4 cm³/mol. The molecule has 1 N–H and O–H groups in total. The second kappa shape index (κ2) is 2.91. The number of nitrogens with one attached hydrogen (secondary N) is 1. The highest BCUT2D eigenvalue weighted by molar-refractivity contribution is 9.10. The van der Waals surface area contributed by atoms with E-state index >= 15 is 0 Å². The van der Waals surface area contributed by atoms with Crippen LogP contribution in [0.15, 0.2) is 13.8 Å². The van der Waals surface area contributed by atoms with Crippen molar-refractivity contribution in [2.24, 2.45) is 0 Å². The van der Waals surface area contributed by atoms with Gasteiger partial charge >= 0.3 is 5.97 Å². The van der Waals surface area contributed by atoms with Gasteiger partial charge < -0.3 is 9.26 Å². The minimum absolute atomic E-state index is 0.0457. The van der Waals surface area contributed by atoms with Crippen molar-refractivity contribution in [1.82, 2.24) is 5.16 Å². The molecule has 0 radical (unpaired) electrons. The van der Waals surface area contributed by atoms with E-state index in [1.54, 1.807) is 0 Å². The van der Waals surface area contributed by atoms with E-state index in [0.717, 1.165) is 0 Å². The summed E-state index contributed by atoms with van der Waals surface area (Å²) in [5, 5.41) is 1.97. The zero-order chi connectivity index (χ0) is 8.43. The second-order valence-electron chi connectivity index (χ2n) is 1.67. The molecule has 0 unspecified atom stereocenters. The summed E-state index contributed by atoms with van der Waals surface area (Å²) < 4.78 is 8.84. The minimum atomic E-state index is -0.699. The van der Waals surface area contributed by atoms with E-state index < -0.39 is 11.5 Å². The number of methoxy groups -OCH3 is 1. The van der Waals surface area contributed by atoms with Gasteiger partial charge in [-0.3, -0.25) is 4.79 Å². The number of aromatic nitrogens is 1. The first-order valence-corrected chi connectivity index (χ1v) is 3.41. The van der Waals surface area contributed by atoms with E-state index in [-0.39, 0.29) is 10.2 Å². The molecule has 0 saturated heterocycles. The summed E-state index contributed by atoms with van der Waals surface area (Å²) in [6.07, 6.45) is 0. The number of H-pyrrole nitrogens is 1. The lowest BCUT2D eigenvalue weighted by Crippen LogP contribution is -2.03. The maximum absolute atomic E-state index is 10.7. The molecule has 0 amide bonds. The molecular formula is C5H4BrNO4. The maximum Gasteiger partial charge on any atom is 0.378 e. The van der Waals surface area contributed by atoms with Gasteiger partial charge in [0.25, 0.3) is 11.3 Å². The summed E-state index contributed by atoms with van der Waals surface area (Å²) in [7, 11) is 1.20. The molecule has 0 aromatic carbocycles. The van der Waals surface area contributed by atoms with Crippen LogP contribution in [0.5, 0.6) is 0 Å². The lowest BCUT2D eigenvalue weighted by Gasteiger charge is -1.90. The van der Waals surface area contributed by atoms with Gasteiger partial charge in [0.05, 0.1) is 7.11 Å². The molecule has 0 aliphatic carbocycles. The van der Waals surface area contributed by atoms with E-state index in [1.807, 2.05) is 5.16 Å². The van der Waals surface area contributed by atoms with Crippen LogP contribution in [0.4, 0.5) is 0 Å². The molecule has 0 spiro atoms. The average molecular weight is 222 g/mol. The van der Waals surface area contributed by atoms with Gasteiger partial charge in [-0.05, 0) is 15.9 Å². The zero-order valence-electron chi connectivity index (χ0n) is 5.51. The minimum Gasteiger partial charge on any atom is -0.463 e. The quantitative estimate of drug-likeness (QED) is 0.703. The van der Waals surface area contributed by atoms with Crippen LogP contribution in [-0.2, 0) is 4.74 Å². The highest BCUT2D eigenvalue weighted by atomic mass is 79.9. The summed E-state index contributed by atoms with van der Waals surface area (Å²) in [6.45, 7) is 0. The number of carbonyl (C=O) groups excluding carboxylic acids is 1. The fourth-order valence-electron chi connectivity index (χ4n) is 0.514. The molecule has 60 valence electrons. The Balaban J connectivity index is 3.15. The van der Waals surface area contributed by atoms with E-state index in [0.29, 0.717) is 0 Å². The number of carbonyl (C=O) groups is 1. The van der Waals surface area contributed by atoms with Crippen molar-refractivity contribution in [3.05, 3.63) is 20.6 Å². The van der Waals surface area contributed by atoms with Crippen molar-refractivity contribution in [1.29, 1.82) is 0 Å². The Labute approximate surface area is 69.4 Å². The van der Waals surface area contributed by atoms with Crippen LogP contribution in [0.3, 0.4) is 0 Å². The maximum atomic E-state index is 10.7. The molecular weight excluding hydrogens is 218 g/mol.